The Morgan fingerprint density at radius 1 is 1.39 bits per heavy atom. The first kappa shape index (κ1) is 12.6. The van der Waals surface area contributed by atoms with Crippen LogP contribution < -0.4 is 5.32 Å². The summed E-state index contributed by atoms with van der Waals surface area (Å²) in [7, 11) is 0. The number of hydrogen-bond acceptors (Lipinski definition) is 5. The maximum absolute atomic E-state index is 11.6. The summed E-state index contributed by atoms with van der Waals surface area (Å²) in [5.41, 5.74) is 1.20. The summed E-state index contributed by atoms with van der Waals surface area (Å²) >= 11 is 1.54. The number of aryl methyl sites for hydroxylation is 1. The number of aromatic nitrogens is 2. The molecular formula is C12H13N3O2S. The number of amides is 1. The van der Waals surface area contributed by atoms with Gasteiger partial charge in [0.25, 0.3) is 0 Å². The fourth-order valence-corrected chi connectivity index (χ4v) is 2.13. The molecule has 0 spiro atoms. The number of carbonyl (C=O) groups is 1. The highest BCUT2D eigenvalue weighted by molar-refractivity contribution is 7.99. The molecule has 0 saturated carbocycles. The highest BCUT2D eigenvalue weighted by Gasteiger charge is 2.07. The lowest BCUT2D eigenvalue weighted by Crippen LogP contribution is -2.14. The van der Waals surface area contributed by atoms with Gasteiger partial charge in [0, 0.05) is 5.75 Å². The molecule has 0 atom stereocenters. The van der Waals surface area contributed by atoms with Gasteiger partial charge in [0.05, 0.1) is 5.75 Å². The van der Waals surface area contributed by atoms with E-state index in [1.54, 1.807) is 6.92 Å². The van der Waals surface area contributed by atoms with Gasteiger partial charge in [0.1, 0.15) is 0 Å². The van der Waals surface area contributed by atoms with Crippen LogP contribution in [-0.2, 0) is 10.5 Å². The molecule has 1 heterocycles. The topological polar surface area (TPSA) is 68.0 Å². The van der Waals surface area contributed by atoms with E-state index in [9.17, 15) is 4.79 Å². The third kappa shape index (κ3) is 3.89. The second kappa shape index (κ2) is 6.20. The molecule has 94 valence electrons. The van der Waals surface area contributed by atoms with E-state index in [1.165, 1.54) is 17.3 Å². The highest BCUT2D eigenvalue weighted by atomic mass is 32.2. The van der Waals surface area contributed by atoms with Crippen molar-refractivity contribution in [2.24, 2.45) is 0 Å². The Morgan fingerprint density at radius 3 is 2.83 bits per heavy atom. The van der Waals surface area contributed by atoms with E-state index in [0.717, 1.165) is 5.75 Å². The lowest BCUT2D eigenvalue weighted by molar-refractivity contribution is -0.114. The maximum Gasteiger partial charge on any atom is 0.328 e. The van der Waals surface area contributed by atoms with Crippen LogP contribution in [0.2, 0.25) is 0 Å². The molecular weight excluding hydrogens is 250 g/mol. The van der Waals surface area contributed by atoms with E-state index in [1.807, 2.05) is 30.3 Å². The molecule has 0 unspecified atom stereocenters. The average Bonchev–Trinajstić information content (AvgIpc) is 2.76. The molecule has 0 aliphatic rings. The Bertz CT molecular complexity index is 513. The number of hydrogen-bond donors (Lipinski definition) is 1. The first-order valence-electron chi connectivity index (χ1n) is 5.46. The molecule has 5 nitrogen and oxygen atoms in total. The molecule has 0 saturated heterocycles. The SMILES string of the molecule is Cc1noc(NC(=O)CSCc2ccccc2)n1. The largest absolute Gasteiger partial charge is 0.328 e. The monoisotopic (exact) mass is 263 g/mol. The molecule has 0 radical (unpaired) electrons. The molecule has 1 aromatic heterocycles. The number of thioether (sulfide) groups is 1. The van der Waals surface area contributed by atoms with Crippen LogP contribution in [0.4, 0.5) is 6.01 Å². The van der Waals surface area contributed by atoms with Crippen LogP contribution in [0.1, 0.15) is 11.4 Å². The number of benzene rings is 1. The van der Waals surface area contributed by atoms with Gasteiger partial charge >= 0.3 is 6.01 Å². The Hall–Kier alpha value is -1.82. The fraction of sp³-hybridized carbons (Fsp3) is 0.250. The Kier molecular flexibility index (Phi) is 4.35. The predicted octanol–water partition coefficient (Wildman–Crippen LogP) is 2.25. The highest BCUT2D eigenvalue weighted by Crippen LogP contribution is 2.12. The van der Waals surface area contributed by atoms with Crippen LogP contribution in [0.5, 0.6) is 0 Å². The molecule has 18 heavy (non-hydrogen) atoms. The molecule has 6 heteroatoms. The van der Waals surface area contributed by atoms with Crippen LogP contribution in [-0.4, -0.2) is 21.8 Å². The van der Waals surface area contributed by atoms with E-state index in [0.29, 0.717) is 11.6 Å². The molecule has 0 aliphatic heterocycles. The van der Waals surface area contributed by atoms with Crippen molar-refractivity contribution in [1.29, 1.82) is 0 Å². The summed E-state index contributed by atoms with van der Waals surface area (Å²) in [6.07, 6.45) is 0. The third-order valence-corrected chi connectivity index (χ3v) is 3.12. The van der Waals surface area contributed by atoms with E-state index in [-0.39, 0.29) is 11.9 Å². The van der Waals surface area contributed by atoms with E-state index in [4.69, 9.17) is 4.52 Å². The third-order valence-electron chi connectivity index (χ3n) is 2.12. The Balaban J connectivity index is 1.72. The van der Waals surface area contributed by atoms with Gasteiger partial charge in [-0.05, 0) is 12.5 Å². The van der Waals surface area contributed by atoms with Crippen LogP contribution in [0, 0.1) is 6.92 Å². The second-order valence-corrected chi connectivity index (χ2v) is 4.66. The summed E-state index contributed by atoms with van der Waals surface area (Å²) in [6, 6.07) is 10.2. The first-order chi connectivity index (χ1) is 8.74. The van der Waals surface area contributed by atoms with Crippen LogP contribution in [0.15, 0.2) is 34.9 Å². The van der Waals surface area contributed by atoms with Gasteiger partial charge in [-0.15, -0.1) is 11.8 Å². The summed E-state index contributed by atoms with van der Waals surface area (Å²) in [5.74, 6) is 1.52. The zero-order valence-electron chi connectivity index (χ0n) is 9.92. The fourth-order valence-electron chi connectivity index (χ4n) is 1.34. The minimum atomic E-state index is -0.139. The van der Waals surface area contributed by atoms with Crippen molar-refractivity contribution in [1.82, 2.24) is 10.1 Å². The molecule has 2 rings (SSSR count). The predicted molar refractivity (Wildman–Crippen MR) is 70.3 cm³/mol. The van der Waals surface area contributed by atoms with Gasteiger partial charge in [-0.2, -0.15) is 4.98 Å². The van der Waals surface area contributed by atoms with Crippen molar-refractivity contribution in [3.05, 3.63) is 41.7 Å². The summed E-state index contributed by atoms with van der Waals surface area (Å²) in [5, 5.41) is 6.14. The van der Waals surface area contributed by atoms with Crippen LogP contribution in [0.25, 0.3) is 0 Å². The smallest absolute Gasteiger partial charge is 0.315 e. The number of nitrogens with one attached hydrogen (secondary N) is 1. The lowest BCUT2D eigenvalue weighted by atomic mass is 10.2. The zero-order chi connectivity index (χ0) is 12.8. The molecule has 1 amide bonds. The summed E-state index contributed by atoms with van der Waals surface area (Å²) in [6.45, 7) is 1.70. The second-order valence-electron chi connectivity index (χ2n) is 3.67. The van der Waals surface area contributed by atoms with Crippen LogP contribution in [0.3, 0.4) is 0 Å². The van der Waals surface area contributed by atoms with Gasteiger partial charge in [0.2, 0.25) is 5.91 Å². The van der Waals surface area contributed by atoms with Gasteiger partial charge in [-0.3, -0.25) is 10.1 Å². The van der Waals surface area contributed by atoms with Gasteiger partial charge in [-0.1, -0.05) is 35.5 Å². The van der Waals surface area contributed by atoms with Crippen molar-refractivity contribution < 1.29 is 9.32 Å². The van der Waals surface area contributed by atoms with Crippen molar-refractivity contribution in [3.8, 4) is 0 Å². The van der Waals surface area contributed by atoms with E-state index >= 15 is 0 Å². The maximum atomic E-state index is 11.6. The molecule has 1 N–H and O–H groups in total. The zero-order valence-corrected chi connectivity index (χ0v) is 10.7. The Morgan fingerprint density at radius 2 is 2.17 bits per heavy atom. The molecule has 0 aliphatic carbocycles. The number of carbonyl (C=O) groups excluding carboxylic acids is 1. The molecule has 0 bridgehead atoms. The average molecular weight is 263 g/mol. The minimum absolute atomic E-state index is 0.139. The van der Waals surface area contributed by atoms with Crippen molar-refractivity contribution in [2.45, 2.75) is 12.7 Å². The number of nitrogens with zero attached hydrogens (tertiary/aromatic N) is 2. The minimum Gasteiger partial charge on any atom is -0.315 e. The first-order valence-corrected chi connectivity index (χ1v) is 6.61. The Labute approximate surface area is 109 Å². The number of rotatable bonds is 5. The van der Waals surface area contributed by atoms with Crippen LogP contribution >= 0.6 is 11.8 Å². The summed E-state index contributed by atoms with van der Waals surface area (Å²) in [4.78, 5) is 15.5. The lowest BCUT2D eigenvalue weighted by Gasteiger charge is -2.01. The van der Waals surface area contributed by atoms with Crippen molar-refractivity contribution in [3.63, 3.8) is 0 Å². The molecule has 0 fully saturated rings. The van der Waals surface area contributed by atoms with Gasteiger partial charge in [-0.25, -0.2) is 0 Å². The van der Waals surface area contributed by atoms with E-state index in [2.05, 4.69) is 15.5 Å². The summed E-state index contributed by atoms with van der Waals surface area (Å²) < 4.78 is 4.80. The van der Waals surface area contributed by atoms with Gasteiger partial charge in [0.15, 0.2) is 5.82 Å². The number of anilines is 1. The van der Waals surface area contributed by atoms with E-state index < -0.39 is 0 Å². The van der Waals surface area contributed by atoms with Gasteiger partial charge < -0.3 is 4.52 Å². The molecule has 1 aromatic carbocycles. The molecule has 2 aromatic rings. The standard InChI is InChI=1S/C12H13N3O2S/c1-9-13-12(17-15-9)14-11(16)8-18-7-10-5-3-2-4-6-10/h2-6H,7-8H2,1H3,(H,13,14,15,16). The van der Waals surface area contributed by atoms with Crippen molar-refractivity contribution >= 4 is 23.7 Å². The quantitative estimate of drug-likeness (QED) is 0.896. The normalized spacial score (nSPS) is 10.3. The van der Waals surface area contributed by atoms with Crippen molar-refractivity contribution in [2.75, 3.05) is 11.1 Å².